The van der Waals surface area contributed by atoms with E-state index in [1.807, 2.05) is 6.92 Å². The van der Waals surface area contributed by atoms with Gasteiger partial charge in [-0.3, -0.25) is 0 Å². The van der Waals surface area contributed by atoms with Gasteiger partial charge in [0.2, 0.25) is 0 Å². The second-order valence-electron chi connectivity index (χ2n) is 4.32. The minimum absolute atomic E-state index is 0.148. The zero-order valence-electron chi connectivity index (χ0n) is 8.57. The van der Waals surface area contributed by atoms with E-state index in [9.17, 15) is 13.5 Å². The molecule has 14 heavy (non-hydrogen) atoms. The van der Waals surface area contributed by atoms with Crippen molar-refractivity contribution in [1.82, 2.24) is 0 Å². The third-order valence-corrected chi connectivity index (χ3v) is 4.35. The van der Waals surface area contributed by atoms with Crippen molar-refractivity contribution in [2.45, 2.75) is 32.3 Å². The van der Waals surface area contributed by atoms with Crippen molar-refractivity contribution in [1.29, 1.82) is 0 Å². The highest BCUT2D eigenvalue weighted by atomic mass is 32.2. The molecule has 2 atom stereocenters. The van der Waals surface area contributed by atoms with Crippen molar-refractivity contribution in [2.24, 2.45) is 5.92 Å². The first-order valence-electron chi connectivity index (χ1n) is 4.92. The van der Waals surface area contributed by atoms with E-state index in [2.05, 4.69) is 6.58 Å². The van der Waals surface area contributed by atoms with Gasteiger partial charge in [-0.05, 0) is 32.1 Å². The summed E-state index contributed by atoms with van der Waals surface area (Å²) in [7, 11) is -2.80. The third kappa shape index (κ3) is 3.80. The summed E-state index contributed by atoms with van der Waals surface area (Å²) in [6.45, 7) is 5.59. The molecule has 1 saturated heterocycles. The molecule has 82 valence electrons. The molecule has 0 aromatic carbocycles. The second kappa shape index (κ2) is 4.45. The predicted octanol–water partition coefficient (Wildman–Crippen LogP) is 1.14. The molecule has 2 unspecified atom stereocenters. The lowest BCUT2D eigenvalue weighted by molar-refractivity contribution is 0.147. The first-order valence-corrected chi connectivity index (χ1v) is 6.74. The van der Waals surface area contributed by atoms with Gasteiger partial charge in [0.1, 0.15) is 0 Å². The van der Waals surface area contributed by atoms with Crippen molar-refractivity contribution >= 4 is 9.84 Å². The minimum Gasteiger partial charge on any atom is -0.393 e. The van der Waals surface area contributed by atoms with Gasteiger partial charge in [0.25, 0.3) is 0 Å². The largest absolute Gasteiger partial charge is 0.393 e. The van der Waals surface area contributed by atoms with Crippen LogP contribution in [-0.2, 0) is 9.84 Å². The lowest BCUT2D eigenvalue weighted by Gasteiger charge is -2.13. The van der Waals surface area contributed by atoms with Crippen LogP contribution in [0.2, 0.25) is 0 Å². The number of rotatable bonds is 4. The Morgan fingerprint density at radius 2 is 2.29 bits per heavy atom. The van der Waals surface area contributed by atoms with Crippen LogP contribution in [0, 0.1) is 5.92 Å². The van der Waals surface area contributed by atoms with Crippen LogP contribution in [0.5, 0.6) is 0 Å². The smallest absolute Gasteiger partial charge is 0.150 e. The predicted molar refractivity (Wildman–Crippen MR) is 56.8 cm³/mol. The fourth-order valence-corrected chi connectivity index (χ4v) is 3.81. The zero-order valence-corrected chi connectivity index (χ0v) is 9.39. The van der Waals surface area contributed by atoms with Crippen molar-refractivity contribution < 1.29 is 13.5 Å². The molecule has 1 fully saturated rings. The van der Waals surface area contributed by atoms with E-state index in [1.54, 1.807) is 0 Å². The molecular weight excluding hydrogens is 200 g/mol. The summed E-state index contributed by atoms with van der Waals surface area (Å²) in [5, 5.41) is 9.59. The molecule has 3 nitrogen and oxygen atoms in total. The molecular formula is C10H18O3S. The van der Waals surface area contributed by atoms with Crippen molar-refractivity contribution in [3.05, 3.63) is 12.2 Å². The molecule has 0 amide bonds. The van der Waals surface area contributed by atoms with E-state index in [0.29, 0.717) is 19.3 Å². The Kier molecular flexibility index (Phi) is 3.72. The molecule has 1 heterocycles. The molecule has 1 rings (SSSR count). The molecule has 0 spiro atoms. The monoisotopic (exact) mass is 218 g/mol. The maximum absolute atomic E-state index is 11.1. The van der Waals surface area contributed by atoms with Crippen LogP contribution in [0.4, 0.5) is 0 Å². The van der Waals surface area contributed by atoms with E-state index in [4.69, 9.17) is 0 Å². The average Bonchev–Trinajstić information content (AvgIpc) is 2.27. The summed E-state index contributed by atoms with van der Waals surface area (Å²) in [5.41, 5.74) is 0.943. The molecule has 0 radical (unpaired) electrons. The van der Waals surface area contributed by atoms with Gasteiger partial charge in [-0.2, -0.15) is 0 Å². The Balaban J connectivity index is 2.36. The minimum atomic E-state index is -2.80. The molecule has 0 aliphatic carbocycles. The summed E-state index contributed by atoms with van der Waals surface area (Å²) in [6.07, 6.45) is 1.45. The summed E-state index contributed by atoms with van der Waals surface area (Å²) >= 11 is 0. The quantitative estimate of drug-likeness (QED) is 0.720. The average molecular weight is 218 g/mol. The summed E-state index contributed by atoms with van der Waals surface area (Å²) in [5.74, 6) is 0.687. The van der Waals surface area contributed by atoms with E-state index >= 15 is 0 Å². The standard InChI is InChI=1S/C10H18O3S/c1-8(2)5-10(11)6-9-3-4-14(12,13)7-9/h9-11H,1,3-7H2,2H3. The molecule has 0 aromatic heterocycles. The van der Waals surface area contributed by atoms with Crippen LogP contribution in [-0.4, -0.2) is 31.1 Å². The Bertz CT molecular complexity index is 305. The van der Waals surface area contributed by atoms with Gasteiger partial charge in [-0.1, -0.05) is 5.57 Å². The molecule has 4 heteroatoms. The van der Waals surface area contributed by atoms with Crippen LogP contribution in [0.3, 0.4) is 0 Å². The fraction of sp³-hybridized carbons (Fsp3) is 0.800. The van der Waals surface area contributed by atoms with Crippen LogP contribution < -0.4 is 0 Å². The van der Waals surface area contributed by atoms with E-state index in [-0.39, 0.29) is 17.4 Å². The molecule has 0 aromatic rings. The molecule has 1 aliphatic heterocycles. The third-order valence-electron chi connectivity index (χ3n) is 2.52. The van der Waals surface area contributed by atoms with Gasteiger partial charge < -0.3 is 5.11 Å². The summed E-state index contributed by atoms with van der Waals surface area (Å²) in [6, 6.07) is 0. The van der Waals surface area contributed by atoms with Gasteiger partial charge in [-0.15, -0.1) is 6.58 Å². The van der Waals surface area contributed by atoms with Gasteiger partial charge in [0.05, 0.1) is 17.6 Å². The van der Waals surface area contributed by atoms with Crippen molar-refractivity contribution in [2.75, 3.05) is 11.5 Å². The summed E-state index contributed by atoms with van der Waals surface area (Å²) < 4.78 is 22.3. The number of sulfone groups is 1. The van der Waals surface area contributed by atoms with Crippen LogP contribution in [0.1, 0.15) is 26.2 Å². The van der Waals surface area contributed by atoms with E-state index < -0.39 is 15.9 Å². The van der Waals surface area contributed by atoms with Gasteiger partial charge in [0.15, 0.2) is 9.84 Å². The fourth-order valence-electron chi connectivity index (χ4n) is 1.93. The van der Waals surface area contributed by atoms with Crippen molar-refractivity contribution in [3.63, 3.8) is 0 Å². The molecule has 1 N–H and O–H groups in total. The molecule has 1 aliphatic rings. The Labute approximate surface area is 85.7 Å². The summed E-state index contributed by atoms with van der Waals surface area (Å²) in [4.78, 5) is 0. The number of aliphatic hydroxyl groups is 1. The van der Waals surface area contributed by atoms with Crippen LogP contribution in [0.15, 0.2) is 12.2 Å². The first-order chi connectivity index (χ1) is 6.39. The van der Waals surface area contributed by atoms with Crippen molar-refractivity contribution in [3.8, 4) is 0 Å². The molecule has 0 bridgehead atoms. The van der Waals surface area contributed by atoms with Gasteiger partial charge in [0, 0.05) is 0 Å². The maximum Gasteiger partial charge on any atom is 0.150 e. The van der Waals surface area contributed by atoms with Gasteiger partial charge in [-0.25, -0.2) is 8.42 Å². The lowest BCUT2D eigenvalue weighted by Crippen LogP contribution is -2.15. The Morgan fingerprint density at radius 3 is 2.71 bits per heavy atom. The van der Waals surface area contributed by atoms with E-state index in [0.717, 1.165) is 5.57 Å². The van der Waals surface area contributed by atoms with Gasteiger partial charge >= 0.3 is 0 Å². The maximum atomic E-state index is 11.1. The number of hydrogen-bond donors (Lipinski definition) is 1. The lowest BCUT2D eigenvalue weighted by atomic mass is 9.98. The number of hydrogen-bond acceptors (Lipinski definition) is 3. The first kappa shape index (κ1) is 11.7. The normalized spacial score (nSPS) is 27.4. The zero-order chi connectivity index (χ0) is 10.8. The number of aliphatic hydroxyl groups excluding tert-OH is 1. The second-order valence-corrected chi connectivity index (χ2v) is 6.55. The van der Waals surface area contributed by atoms with E-state index in [1.165, 1.54) is 0 Å². The van der Waals surface area contributed by atoms with Crippen LogP contribution in [0.25, 0.3) is 0 Å². The Hall–Kier alpha value is -0.350. The highest BCUT2D eigenvalue weighted by Gasteiger charge is 2.29. The highest BCUT2D eigenvalue weighted by Crippen LogP contribution is 2.24. The van der Waals surface area contributed by atoms with Crippen LogP contribution >= 0.6 is 0 Å². The molecule has 0 saturated carbocycles. The topological polar surface area (TPSA) is 54.4 Å². The Morgan fingerprint density at radius 1 is 1.64 bits per heavy atom. The highest BCUT2D eigenvalue weighted by molar-refractivity contribution is 7.91. The SMILES string of the molecule is C=C(C)CC(O)CC1CCS(=O)(=O)C1.